The fraction of sp³-hybridized carbons (Fsp3) is 0.286. The molecule has 0 bridgehead atoms. The number of ether oxygens (including phenoxy) is 1. The number of hydrogen-bond donors (Lipinski definition) is 1. The number of carbonyl (C=O) groups is 1. The molecule has 0 aliphatic heterocycles. The van der Waals surface area contributed by atoms with Crippen LogP contribution in [0.5, 0.6) is 11.6 Å². The van der Waals surface area contributed by atoms with Crippen molar-refractivity contribution in [2.45, 2.75) is 40.2 Å². The van der Waals surface area contributed by atoms with E-state index >= 15 is 0 Å². The molecule has 0 radical (unpaired) electrons. The molecule has 0 unspecified atom stereocenters. The Kier molecular flexibility index (Phi) is 6.31. The molecule has 1 aromatic carbocycles. The van der Waals surface area contributed by atoms with Gasteiger partial charge in [0.25, 0.3) is 0 Å². The first-order chi connectivity index (χ1) is 13.4. The number of pyridine rings is 1. The lowest BCUT2D eigenvalue weighted by molar-refractivity contribution is -0.121. The standard InChI is InChI=1S/C21H22ClN3O3/c1-13-4-5-14(2)18(10-13)27-20-9-6-16(12-24-20)11-23-19(26)8-7-17-15(3)25-28-21(17)22/h4-6,9-10,12H,7-8,11H2,1-3H3,(H,23,26). The number of rotatable bonds is 7. The van der Waals surface area contributed by atoms with Gasteiger partial charge in [-0.15, -0.1) is 0 Å². The van der Waals surface area contributed by atoms with Crippen LogP contribution < -0.4 is 10.1 Å². The van der Waals surface area contributed by atoms with Gasteiger partial charge in [0.15, 0.2) is 0 Å². The Labute approximate surface area is 168 Å². The molecule has 0 saturated heterocycles. The fourth-order valence-corrected chi connectivity index (χ4v) is 2.94. The van der Waals surface area contributed by atoms with Crippen LogP contribution in [0.15, 0.2) is 41.1 Å². The van der Waals surface area contributed by atoms with Gasteiger partial charge in [0.05, 0.1) is 5.69 Å². The molecule has 3 aromatic rings. The lowest BCUT2D eigenvalue weighted by Crippen LogP contribution is -2.23. The summed E-state index contributed by atoms with van der Waals surface area (Å²) in [6, 6.07) is 9.72. The van der Waals surface area contributed by atoms with E-state index in [0.717, 1.165) is 28.0 Å². The molecule has 3 rings (SSSR count). The van der Waals surface area contributed by atoms with Gasteiger partial charge in [0.1, 0.15) is 5.75 Å². The minimum Gasteiger partial charge on any atom is -0.439 e. The summed E-state index contributed by atoms with van der Waals surface area (Å²) >= 11 is 5.91. The van der Waals surface area contributed by atoms with Crippen molar-refractivity contribution in [3.63, 3.8) is 0 Å². The van der Waals surface area contributed by atoms with E-state index in [1.54, 1.807) is 19.2 Å². The van der Waals surface area contributed by atoms with E-state index in [2.05, 4.69) is 15.5 Å². The molecule has 2 heterocycles. The van der Waals surface area contributed by atoms with Crippen LogP contribution in [0, 0.1) is 20.8 Å². The average molecular weight is 400 g/mol. The van der Waals surface area contributed by atoms with Gasteiger partial charge in [-0.25, -0.2) is 4.98 Å². The van der Waals surface area contributed by atoms with Crippen molar-refractivity contribution in [2.75, 3.05) is 0 Å². The second kappa shape index (κ2) is 8.89. The van der Waals surface area contributed by atoms with E-state index in [4.69, 9.17) is 20.9 Å². The molecule has 1 amide bonds. The average Bonchev–Trinajstić information content (AvgIpc) is 3.00. The smallest absolute Gasteiger partial charge is 0.229 e. The third-order valence-corrected chi connectivity index (χ3v) is 4.68. The molecule has 6 nitrogen and oxygen atoms in total. The van der Waals surface area contributed by atoms with Crippen molar-refractivity contribution in [1.82, 2.24) is 15.5 Å². The molecular weight excluding hydrogens is 378 g/mol. The number of nitrogens with zero attached hydrogens (tertiary/aromatic N) is 2. The van der Waals surface area contributed by atoms with Crippen molar-refractivity contribution in [1.29, 1.82) is 0 Å². The largest absolute Gasteiger partial charge is 0.439 e. The minimum absolute atomic E-state index is 0.0765. The molecule has 0 atom stereocenters. The topological polar surface area (TPSA) is 77.2 Å². The summed E-state index contributed by atoms with van der Waals surface area (Å²) in [5.74, 6) is 1.23. The van der Waals surface area contributed by atoms with Gasteiger partial charge in [-0.3, -0.25) is 4.79 Å². The van der Waals surface area contributed by atoms with E-state index in [9.17, 15) is 4.79 Å². The van der Waals surface area contributed by atoms with Crippen LogP contribution in [0.2, 0.25) is 5.22 Å². The highest BCUT2D eigenvalue weighted by Crippen LogP contribution is 2.24. The number of aryl methyl sites for hydroxylation is 3. The maximum atomic E-state index is 12.1. The summed E-state index contributed by atoms with van der Waals surface area (Å²) in [5, 5.41) is 6.89. The quantitative estimate of drug-likeness (QED) is 0.623. The Morgan fingerprint density at radius 2 is 2.04 bits per heavy atom. The molecule has 0 spiro atoms. The summed E-state index contributed by atoms with van der Waals surface area (Å²) in [5.41, 5.74) is 4.54. The zero-order valence-electron chi connectivity index (χ0n) is 16.1. The molecule has 0 fully saturated rings. The Bertz CT molecular complexity index is 948. The number of amides is 1. The summed E-state index contributed by atoms with van der Waals surface area (Å²) in [6.07, 6.45) is 2.49. The third kappa shape index (κ3) is 5.10. The molecule has 2 aromatic heterocycles. The van der Waals surface area contributed by atoms with Crippen molar-refractivity contribution in [3.05, 3.63) is 69.7 Å². The molecule has 7 heteroatoms. The van der Waals surface area contributed by atoms with E-state index in [1.165, 1.54) is 0 Å². The van der Waals surface area contributed by atoms with Gasteiger partial charge >= 0.3 is 0 Å². The van der Waals surface area contributed by atoms with E-state index in [-0.39, 0.29) is 11.1 Å². The van der Waals surface area contributed by atoms with E-state index < -0.39 is 0 Å². The van der Waals surface area contributed by atoms with Crippen LogP contribution in [0.4, 0.5) is 0 Å². The predicted octanol–water partition coefficient (Wildman–Crippen LogP) is 4.69. The molecule has 0 aliphatic rings. The highest BCUT2D eigenvalue weighted by Gasteiger charge is 2.12. The Morgan fingerprint density at radius 3 is 2.71 bits per heavy atom. The Balaban J connectivity index is 1.50. The lowest BCUT2D eigenvalue weighted by atomic mass is 10.1. The second-order valence-electron chi connectivity index (χ2n) is 6.67. The fourth-order valence-electron chi connectivity index (χ4n) is 2.67. The monoisotopic (exact) mass is 399 g/mol. The predicted molar refractivity (Wildman–Crippen MR) is 107 cm³/mol. The maximum Gasteiger partial charge on any atom is 0.229 e. The van der Waals surface area contributed by atoms with Crippen LogP contribution in [0.3, 0.4) is 0 Å². The van der Waals surface area contributed by atoms with Gasteiger partial charge in [0, 0.05) is 30.8 Å². The number of nitrogens with one attached hydrogen (secondary N) is 1. The van der Waals surface area contributed by atoms with Crippen LogP contribution >= 0.6 is 11.6 Å². The minimum atomic E-state index is -0.0765. The first-order valence-corrected chi connectivity index (χ1v) is 9.37. The van der Waals surface area contributed by atoms with E-state index in [0.29, 0.717) is 31.0 Å². The van der Waals surface area contributed by atoms with Gasteiger partial charge in [-0.05, 0) is 61.5 Å². The highest BCUT2D eigenvalue weighted by atomic mass is 35.5. The summed E-state index contributed by atoms with van der Waals surface area (Å²) in [7, 11) is 0. The van der Waals surface area contributed by atoms with Crippen molar-refractivity contribution in [3.8, 4) is 11.6 Å². The van der Waals surface area contributed by atoms with Gasteiger partial charge < -0.3 is 14.6 Å². The summed E-state index contributed by atoms with van der Waals surface area (Å²) in [4.78, 5) is 16.4. The molecule has 28 heavy (non-hydrogen) atoms. The SMILES string of the molecule is Cc1ccc(C)c(Oc2ccc(CNC(=O)CCc3c(C)noc3Cl)cn2)c1. The number of aromatic nitrogens is 2. The van der Waals surface area contributed by atoms with Crippen LogP contribution in [0.1, 0.15) is 34.4 Å². The number of carbonyl (C=O) groups excluding carboxylic acids is 1. The zero-order chi connectivity index (χ0) is 20.1. The first kappa shape index (κ1) is 19.9. The van der Waals surface area contributed by atoms with E-state index in [1.807, 2.05) is 38.1 Å². The van der Waals surface area contributed by atoms with Crippen molar-refractivity contribution >= 4 is 17.5 Å². The number of halogens is 1. The van der Waals surface area contributed by atoms with Crippen molar-refractivity contribution in [2.24, 2.45) is 0 Å². The first-order valence-electron chi connectivity index (χ1n) is 9.00. The Morgan fingerprint density at radius 1 is 1.21 bits per heavy atom. The van der Waals surface area contributed by atoms with Gasteiger partial charge in [-0.2, -0.15) is 0 Å². The zero-order valence-corrected chi connectivity index (χ0v) is 16.8. The normalized spacial score (nSPS) is 10.7. The summed E-state index contributed by atoms with van der Waals surface area (Å²) in [6.45, 7) is 6.21. The molecule has 146 valence electrons. The molecule has 1 N–H and O–H groups in total. The molecule has 0 aliphatic carbocycles. The maximum absolute atomic E-state index is 12.1. The van der Waals surface area contributed by atoms with Crippen LogP contribution in [0.25, 0.3) is 0 Å². The number of benzene rings is 1. The lowest BCUT2D eigenvalue weighted by Gasteiger charge is -2.09. The second-order valence-corrected chi connectivity index (χ2v) is 7.02. The third-order valence-electron chi connectivity index (χ3n) is 4.38. The van der Waals surface area contributed by atoms with Crippen LogP contribution in [-0.4, -0.2) is 16.0 Å². The molecular formula is C21H22ClN3O3. The van der Waals surface area contributed by atoms with Crippen molar-refractivity contribution < 1.29 is 14.1 Å². The number of hydrogen-bond acceptors (Lipinski definition) is 5. The van der Waals surface area contributed by atoms with Crippen LogP contribution in [-0.2, 0) is 17.8 Å². The summed E-state index contributed by atoms with van der Waals surface area (Å²) < 4.78 is 10.7. The van der Waals surface area contributed by atoms with Gasteiger partial charge in [-0.1, -0.05) is 23.4 Å². The van der Waals surface area contributed by atoms with Gasteiger partial charge in [0.2, 0.25) is 17.0 Å². The Hall–Kier alpha value is -2.86. The molecule has 0 saturated carbocycles. The highest BCUT2D eigenvalue weighted by molar-refractivity contribution is 6.29.